The van der Waals surface area contributed by atoms with Crippen molar-refractivity contribution < 1.29 is 4.79 Å². The third-order valence-electron chi connectivity index (χ3n) is 3.49. The van der Waals surface area contributed by atoms with Gasteiger partial charge in [-0.2, -0.15) is 10.4 Å². The molecule has 0 saturated carbocycles. The molecule has 1 fully saturated rings. The first-order valence-electron chi connectivity index (χ1n) is 6.75. The minimum absolute atomic E-state index is 0.0680. The Labute approximate surface area is 137 Å². The highest BCUT2D eigenvalue weighted by molar-refractivity contribution is 8.00. The lowest BCUT2D eigenvalue weighted by atomic mass is 10.2. The maximum atomic E-state index is 12.5. The molecule has 7 heteroatoms. The Balaban J connectivity index is 1.75. The smallest absolute Gasteiger partial charge is 0.240 e. The summed E-state index contributed by atoms with van der Waals surface area (Å²) in [7, 11) is 1.83. The molecule has 1 aromatic carbocycles. The average molecular weight is 333 g/mol. The van der Waals surface area contributed by atoms with Crippen LogP contribution in [0.15, 0.2) is 35.5 Å². The standard InChI is InChI=1S/C15H13ClN4OS/c1-19-9-11(8-18-19)20-5-4-14(15(20)21)22-13-3-2-10(7-17)6-12(13)16/h2-3,6,8-9,14H,4-5H2,1H3. The number of nitrogens with zero attached hydrogens (tertiary/aromatic N) is 4. The molecule has 1 amide bonds. The lowest BCUT2D eigenvalue weighted by molar-refractivity contribution is -0.116. The quantitative estimate of drug-likeness (QED) is 0.867. The van der Waals surface area contributed by atoms with Crippen LogP contribution in [0, 0.1) is 11.3 Å². The van der Waals surface area contributed by atoms with Crippen LogP contribution in [-0.2, 0) is 11.8 Å². The van der Waals surface area contributed by atoms with Gasteiger partial charge in [0.25, 0.3) is 0 Å². The highest BCUT2D eigenvalue weighted by atomic mass is 35.5. The van der Waals surface area contributed by atoms with Crippen LogP contribution in [0.2, 0.25) is 5.02 Å². The van der Waals surface area contributed by atoms with Gasteiger partial charge in [0.1, 0.15) is 0 Å². The van der Waals surface area contributed by atoms with Gasteiger partial charge in [-0.05, 0) is 24.6 Å². The summed E-state index contributed by atoms with van der Waals surface area (Å²) < 4.78 is 1.68. The van der Waals surface area contributed by atoms with E-state index < -0.39 is 0 Å². The van der Waals surface area contributed by atoms with Gasteiger partial charge in [-0.3, -0.25) is 9.48 Å². The summed E-state index contributed by atoms with van der Waals surface area (Å²) in [4.78, 5) is 15.1. The number of carbonyl (C=O) groups is 1. The van der Waals surface area contributed by atoms with Crippen LogP contribution in [0.5, 0.6) is 0 Å². The second-order valence-electron chi connectivity index (χ2n) is 5.01. The lowest BCUT2D eigenvalue weighted by Gasteiger charge is -2.14. The fourth-order valence-corrected chi connectivity index (χ4v) is 3.78. The van der Waals surface area contributed by atoms with Gasteiger partial charge >= 0.3 is 0 Å². The number of hydrogen-bond donors (Lipinski definition) is 0. The molecule has 1 aliphatic heterocycles. The summed E-state index contributed by atoms with van der Waals surface area (Å²) in [5.74, 6) is 0.0680. The minimum Gasteiger partial charge on any atom is -0.308 e. The second kappa shape index (κ2) is 6.03. The molecule has 0 N–H and O–H groups in total. The Morgan fingerprint density at radius 2 is 2.32 bits per heavy atom. The number of thioether (sulfide) groups is 1. The molecule has 0 spiro atoms. The number of nitriles is 1. The van der Waals surface area contributed by atoms with E-state index in [4.69, 9.17) is 16.9 Å². The van der Waals surface area contributed by atoms with Gasteiger partial charge in [0, 0.05) is 24.7 Å². The molecule has 1 unspecified atom stereocenters. The highest BCUT2D eigenvalue weighted by Gasteiger charge is 2.34. The summed E-state index contributed by atoms with van der Waals surface area (Å²) in [6.45, 7) is 0.677. The van der Waals surface area contributed by atoms with Crippen LogP contribution in [0.4, 0.5) is 5.69 Å². The normalized spacial score (nSPS) is 17.8. The summed E-state index contributed by atoms with van der Waals surface area (Å²) in [5.41, 5.74) is 1.34. The van der Waals surface area contributed by atoms with Gasteiger partial charge in [-0.25, -0.2) is 0 Å². The third kappa shape index (κ3) is 2.82. The summed E-state index contributed by atoms with van der Waals surface area (Å²) >= 11 is 7.63. The molecule has 112 valence electrons. The largest absolute Gasteiger partial charge is 0.308 e. The minimum atomic E-state index is -0.161. The van der Waals surface area contributed by atoms with E-state index in [1.807, 2.05) is 13.2 Å². The average Bonchev–Trinajstić information content (AvgIpc) is 3.08. The molecule has 2 aromatic rings. The van der Waals surface area contributed by atoms with E-state index in [-0.39, 0.29) is 11.2 Å². The number of halogens is 1. The fraction of sp³-hybridized carbons (Fsp3) is 0.267. The molecule has 0 radical (unpaired) electrons. The van der Waals surface area contributed by atoms with Crippen molar-refractivity contribution in [1.82, 2.24) is 9.78 Å². The van der Waals surface area contributed by atoms with E-state index in [9.17, 15) is 4.79 Å². The summed E-state index contributed by atoms with van der Waals surface area (Å²) in [5, 5.41) is 13.3. The number of aryl methyl sites for hydroxylation is 1. The van der Waals surface area contributed by atoms with E-state index >= 15 is 0 Å². The Bertz CT molecular complexity index is 767. The monoisotopic (exact) mass is 332 g/mol. The highest BCUT2D eigenvalue weighted by Crippen LogP contribution is 2.36. The van der Waals surface area contributed by atoms with Crippen LogP contribution in [0.3, 0.4) is 0 Å². The predicted octanol–water partition coefficient (Wildman–Crippen LogP) is 2.84. The molecular weight excluding hydrogens is 320 g/mol. The van der Waals surface area contributed by atoms with Gasteiger partial charge in [0.05, 0.1) is 33.8 Å². The second-order valence-corrected chi connectivity index (χ2v) is 6.67. The Kier molecular flexibility index (Phi) is 4.10. The van der Waals surface area contributed by atoms with Crippen molar-refractivity contribution in [1.29, 1.82) is 5.26 Å². The first-order valence-corrected chi connectivity index (χ1v) is 8.00. The number of rotatable bonds is 3. The molecule has 3 rings (SSSR count). The Hall–Kier alpha value is -1.97. The zero-order valence-corrected chi connectivity index (χ0v) is 13.4. The van der Waals surface area contributed by atoms with Crippen LogP contribution in [0.25, 0.3) is 0 Å². The SMILES string of the molecule is Cn1cc(N2CCC(Sc3ccc(C#N)cc3Cl)C2=O)cn1. The van der Waals surface area contributed by atoms with E-state index in [2.05, 4.69) is 11.2 Å². The third-order valence-corrected chi connectivity index (χ3v) is 5.25. The number of carbonyl (C=O) groups excluding carboxylic acids is 1. The molecule has 1 saturated heterocycles. The van der Waals surface area contributed by atoms with Crippen molar-refractivity contribution in [3.8, 4) is 6.07 Å². The van der Waals surface area contributed by atoms with Crippen molar-refractivity contribution in [3.63, 3.8) is 0 Å². The van der Waals surface area contributed by atoms with E-state index in [1.165, 1.54) is 11.8 Å². The number of aromatic nitrogens is 2. The van der Waals surface area contributed by atoms with Gasteiger partial charge in [0.15, 0.2) is 0 Å². The van der Waals surface area contributed by atoms with Crippen LogP contribution in [-0.4, -0.2) is 27.5 Å². The number of benzene rings is 1. The van der Waals surface area contributed by atoms with E-state index in [0.717, 1.165) is 17.0 Å². The van der Waals surface area contributed by atoms with Gasteiger partial charge in [-0.15, -0.1) is 11.8 Å². The maximum absolute atomic E-state index is 12.5. The molecule has 0 aliphatic carbocycles. The first-order chi connectivity index (χ1) is 10.6. The Morgan fingerprint density at radius 1 is 1.50 bits per heavy atom. The first kappa shape index (κ1) is 14.9. The van der Waals surface area contributed by atoms with Gasteiger partial charge in [0.2, 0.25) is 5.91 Å². The van der Waals surface area contributed by atoms with Crippen LogP contribution in [0.1, 0.15) is 12.0 Å². The topological polar surface area (TPSA) is 61.9 Å². The fourth-order valence-electron chi connectivity index (χ4n) is 2.39. The van der Waals surface area contributed by atoms with Gasteiger partial charge in [-0.1, -0.05) is 11.6 Å². The number of hydrogen-bond acceptors (Lipinski definition) is 4. The van der Waals surface area contributed by atoms with Crippen molar-refractivity contribution in [2.24, 2.45) is 7.05 Å². The molecule has 0 bridgehead atoms. The maximum Gasteiger partial charge on any atom is 0.240 e. The summed E-state index contributed by atoms with van der Waals surface area (Å²) in [6.07, 6.45) is 4.29. The molecule has 1 atom stereocenters. The zero-order chi connectivity index (χ0) is 15.7. The van der Waals surface area contributed by atoms with E-state index in [1.54, 1.807) is 34.0 Å². The number of anilines is 1. The van der Waals surface area contributed by atoms with Crippen molar-refractivity contribution in [3.05, 3.63) is 41.2 Å². The molecule has 1 aliphatic rings. The van der Waals surface area contributed by atoms with Crippen LogP contribution >= 0.6 is 23.4 Å². The molecule has 1 aromatic heterocycles. The van der Waals surface area contributed by atoms with Crippen molar-refractivity contribution in [2.75, 3.05) is 11.4 Å². The number of amides is 1. The molecule has 5 nitrogen and oxygen atoms in total. The molecular formula is C15H13ClN4OS. The Morgan fingerprint density at radius 3 is 2.95 bits per heavy atom. The molecule has 2 heterocycles. The predicted molar refractivity (Wildman–Crippen MR) is 86.0 cm³/mol. The van der Waals surface area contributed by atoms with E-state index in [0.29, 0.717) is 17.1 Å². The van der Waals surface area contributed by atoms with Crippen molar-refractivity contribution in [2.45, 2.75) is 16.6 Å². The summed E-state index contributed by atoms with van der Waals surface area (Å²) in [6, 6.07) is 7.19. The molecule has 22 heavy (non-hydrogen) atoms. The van der Waals surface area contributed by atoms with Gasteiger partial charge < -0.3 is 4.90 Å². The van der Waals surface area contributed by atoms with Crippen molar-refractivity contribution >= 4 is 35.0 Å². The zero-order valence-electron chi connectivity index (χ0n) is 11.9. The lowest BCUT2D eigenvalue weighted by Crippen LogP contribution is -2.27. The van der Waals surface area contributed by atoms with Crippen LogP contribution < -0.4 is 4.90 Å².